The molecule has 0 unspecified atom stereocenters. The Bertz CT molecular complexity index is 908. The average Bonchev–Trinajstić information content (AvgIpc) is 3.10. The van der Waals surface area contributed by atoms with Crippen molar-refractivity contribution < 1.29 is 23.1 Å². The first-order chi connectivity index (χ1) is 12.8. The number of halogens is 3. The number of hydrogen-bond donors (Lipinski definition) is 2. The lowest BCUT2D eigenvalue weighted by atomic mass is 10.2. The predicted molar refractivity (Wildman–Crippen MR) is 90.5 cm³/mol. The largest absolute Gasteiger partial charge is 0.465 e. The number of rotatable bonds is 5. The standard InChI is InChI=1S/C18H15F3N4O2/c19-18(20,21)15-7-6-13(8-22-15)14-9-23-16(24-14)11-25(17(26)27)10-12-4-2-1-3-5-12/h1-9H,10-11H2,(H,23,24)(H,26,27). The van der Waals surface area contributed by atoms with Crippen LogP contribution in [0.4, 0.5) is 18.0 Å². The van der Waals surface area contributed by atoms with Gasteiger partial charge in [0, 0.05) is 18.3 Å². The molecule has 1 amide bonds. The van der Waals surface area contributed by atoms with Crippen LogP contribution in [0.3, 0.4) is 0 Å². The van der Waals surface area contributed by atoms with Gasteiger partial charge >= 0.3 is 12.3 Å². The summed E-state index contributed by atoms with van der Waals surface area (Å²) >= 11 is 0. The monoisotopic (exact) mass is 376 g/mol. The van der Waals surface area contributed by atoms with Crippen LogP contribution in [-0.4, -0.2) is 31.1 Å². The Morgan fingerprint density at radius 2 is 1.78 bits per heavy atom. The lowest BCUT2D eigenvalue weighted by Crippen LogP contribution is -2.28. The number of hydrogen-bond acceptors (Lipinski definition) is 3. The molecular formula is C18H15F3N4O2. The number of amides is 1. The van der Waals surface area contributed by atoms with Gasteiger partial charge < -0.3 is 10.1 Å². The molecule has 140 valence electrons. The summed E-state index contributed by atoms with van der Waals surface area (Å²) in [6.07, 6.45) is -3.08. The highest BCUT2D eigenvalue weighted by Crippen LogP contribution is 2.28. The number of aromatic nitrogens is 3. The lowest BCUT2D eigenvalue weighted by molar-refractivity contribution is -0.141. The number of nitrogens with zero attached hydrogens (tertiary/aromatic N) is 3. The summed E-state index contributed by atoms with van der Waals surface area (Å²) in [7, 11) is 0. The maximum atomic E-state index is 12.6. The molecule has 0 saturated carbocycles. The molecule has 27 heavy (non-hydrogen) atoms. The van der Waals surface area contributed by atoms with Crippen molar-refractivity contribution >= 4 is 6.09 Å². The van der Waals surface area contributed by atoms with Crippen molar-refractivity contribution in [2.75, 3.05) is 0 Å². The Morgan fingerprint density at radius 1 is 1.04 bits per heavy atom. The van der Waals surface area contributed by atoms with E-state index in [-0.39, 0.29) is 13.1 Å². The molecule has 0 saturated heterocycles. The van der Waals surface area contributed by atoms with Crippen LogP contribution >= 0.6 is 0 Å². The topological polar surface area (TPSA) is 82.1 Å². The SMILES string of the molecule is O=C(O)N(Cc1ccccc1)Cc1ncc(-c2ccc(C(F)(F)F)nc2)[nH]1. The summed E-state index contributed by atoms with van der Waals surface area (Å²) < 4.78 is 37.7. The van der Waals surface area contributed by atoms with E-state index >= 15 is 0 Å². The number of carbonyl (C=O) groups is 1. The van der Waals surface area contributed by atoms with Crippen LogP contribution in [0.1, 0.15) is 17.1 Å². The van der Waals surface area contributed by atoms with Gasteiger partial charge in [0.05, 0.1) is 18.4 Å². The van der Waals surface area contributed by atoms with Gasteiger partial charge in [0.1, 0.15) is 11.5 Å². The predicted octanol–water partition coefficient (Wildman–Crippen LogP) is 4.17. The fraction of sp³-hybridized carbons (Fsp3) is 0.167. The van der Waals surface area contributed by atoms with E-state index < -0.39 is 18.0 Å². The van der Waals surface area contributed by atoms with Crippen molar-refractivity contribution in [3.8, 4) is 11.3 Å². The highest BCUT2D eigenvalue weighted by atomic mass is 19.4. The summed E-state index contributed by atoms with van der Waals surface area (Å²) in [5, 5.41) is 9.39. The molecule has 0 aliphatic carbocycles. The molecule has 2 heterocycles. The molecule has 3 aromatic rings. The van der Waals surface area contributed by atoms with Crippen LogP contribution in [-0.2, 0) is 19.3 Å². The average molecular weight is 376 g/mol. The van der Waals surface area contributed by atoms with Crippen LogP contribution < -0.4 is 0 Å². The van der Waals surface area contributed by atoms with Gasteiger partial charge in [-0.3, -0.25) is 9.88 Å². The minimum Gasteiger partial charge on any atom is -0.465 e. The quantitative estimate of drug-likeness (QED) is 0.700. The van der Waals surface area contributed by atoms with E-state index in [9.17, 15) is 23.1 Å². The third kappa shape index (κ3) is 4.63. The summed E-state index contributed by atoms with van der Waals surface area (Å²) in [5.74, 6) is 0.378. The van der Waals surface area contributed by atoms with Crippen LogP contribution in [0.5, 0.6) is 0 Å². The Labute approximate surface area is 152 Å². The molecule has 0 atom stereocenters. The second-order valence-electron chi connectivity index (χ2n) is 5.80. The third-order valence-electron chi connectivity index (χ3n) is 3.82. The van der Waals surface area contributed by atoms with Crippen molar-refractivity contribution in [1.82, 2.24) is 19.9 Å². The Balaban J connectivity index is 1.73. The van der Waals surface area contributed by atoms with Gasteiger partial charge in [-0.05, 0) is 17.7 Å². The summed E-state index contributed by atoms with van der Waals surface area (Å²) in [6, 6.07) is 11.3. The van der Waals surface area contributed by atoms with E-state index in [0.29, 0.717) is 17.1 Å². The maximum absolute atomic E-state index is 12.6. The lowest BCUT2D eigenvalue weighted by Gasteiger charge is -2.18. The fourth-order valence-electron chi connectivity index (χ4n) is 2.49. The van der Waals surface area contributed by atoms with Crippen LogP contribution in [0.25, 0.3) is 11.3 Å². The fourth-order valence-corrected chi connectivity index (χ4v) is 2.49. The number of aromatic amines is 1. The Morgan fingerprint density at radius 3 is 2.37 bits per heavy atom. The molecular weight excluding hydrogens is 361 g/mol. The van der Waals surface area contributed by atoms with Crippen molar-refractivity contribution in [3.05, 3.63) is 71.9 Å². The third-order valence-corrected chi connectivity index (χ3v) is 3.82. The Kier molecular flexibility index (Phi) is 5.11. The summed E-state index contributed by atoms with van der Waals surface area (Å²) in [5.41, 5.74) is 0.729. The van der Waals surface area contributed by atoms with Crippen LogP contribution in [0.2, 0.25) is 0 Å². The van der Waals surface area contributed by atoms with Crippen molar-refractivity contribution in [2.45, 2.75) is 19.3 Å². The number of benzene rings is 1. The zero-order valence-corrected chi connectivity index (χ0v) is 13.9. The zero-order valence-electron chi connectivity index (χ0n) is 13.9. The smallest absolute Gasteiger partial charge is 0.433 e. The molecule has 9 heteroatoms. The van der Waals surface area contributed by atoms with Gasteiger partial charge in [0.25, 0.3) is 0 Å². The van der Waals surface area contributed by atoms with Gasteiger partial charge in [-0.25, -0.2) is 9.78 Å². The molecule has 3 rings (SSSR count). The minimum absolute atomic E-state index is 0.0122. The summed E-state index contributed by atoms with van der Waals surface area (Å²) in [4.78, 5) is 23.1. The zero-order chi connectivity index (χ0) is 19.4. The summed E-state index contributed by atoms with van der Waals surface area (Å²) in [6.45, 7) is 0.201. The molecule has 0 aliphatic rings. The van der Waals surface area contributed by atoms with Crippen molar-refractivity contribution in [1.29, 1.82) is 0 Å². The number of pyridine rings is 1. The van der Waals surface area contributed by atoms with Crippen LogP contribution in [0.15, 0.2) is 54.9 Å². The van der Waals surface area contributed by atoms with E-state index in [1.54, 1.807) is 0 Å². The molecule has 0 aliphatic heterocycles. The van der Waals surface area contributed by atoms with Gasteiger partial charge in [-0.1, -0.05) is 30.3 Å². The molecule has 6 nitrogen and oxygen atoms in total. The van der Waals surface area contributed by atoms with Gasteiger partial charge in [0.15, 0.2) is 0 Å². The first-order valence-corrected chi connectivity index (χ1v) is 7.92. The normalized spacial score (nSPS) is 11.4. The molecule has 0 fully saturated rings. The number of imidazole rings is 1. The maximum Gasteiger partial charge on any atom is 0.433 e. The second kappa shape index (κ2) is 7.48. The van der Waals surface area contributed by atoms with Gasteiger partial charge in [-0.15, -0.1) is 0 Å². The Hall–Kier alpha value is -3.36. The number of carboxylic acid groups (broad SMARTS) is 1. The highest BCUT2D eigenvalue weighted by molar-refractivity contribution is 5.65. The van der Waals surface area contributed by atoms with Crippen molar-refractivity contribution in [2.24, 2.45) is 0 Å². The van der Waals surface area contributed by atoms with E-state index in [0.717, 1.165) is 17.8 Å². The number of alkyl halides is 3. The molecule has 2 aromatic heterocycles. The van der Waals surface area contributed by atoms with Crippen LogP contribution in [0, 0.1) is 0 Å². The minimum atomic E-state index is -4.50. The first kappa shape index (κ1) is 18.4. The van der Waals surface area contributed by atoms with Gasteiger partial charge in [0.2, 0.25) is 0 Å². The first-order valence-electron chi connectivity index (χ1n) is 7.92. The molecule has 0 spiro atoms. The van der Waals surface area contributed by atoms with Gasteiger partial charge in [-0.2, -0.15) is 13.2 Å². The highest BCUT2D eigenvalue weighted by Gasteiger charge is 2.32. The number of H-pyrrole nitrogens is 1. The second-order valence-corrected chi connectivity index (χ2v) is 5.80. The van der Waals surface area contributed by atoms with E-state index in [4.69, 9.17) is 0 Å². The van der Waals surface area contributed by atoms with E-state index in [1.165, 1.54) is 17.2 Å². The molecule has 2 N–H and O–H groups in total. The van der Waals surface area contributed by atoms with E-state index in [2.05, 4.69) is 15.0 Å². The number of nitrogens with one attached hydrogen (secondary N) is 1. The molecule has 0 radical (unpaired) electrons. The molecule has 1 aromatic carbocycles. The molecule has 0 bridgehead atoms. The van der Waals surface area contributed by atoms with E-state index in [1.807, 2.05) is 30.3 Å². The van der Waals surface area contributed by atoms with Crippen molar-refractivity contribution in [3.63, 3.8) is 0 Å².